The van der Waals surface area contributed by atoms with Gasteiger partial charge in [-0.2, -0.15) is 0 Å². The summed E-state index contributed by atoms with van der Waals surface area (Å²) in [6.07, 6.45) is 5.68. The summed E-state index contributed by atoms with van der Waals surface area (Å²) in [5, 5.41) is 2.30. The normalized spacial score (nSPS) is 12.7. The number of methoxy groups -OCH3 is 1. The van der Waals surface area contributed by atoms with Crippen LogP contribution in [0.25, 0.3) is 55.2 Å². The van der Waals surface area contributed by atoms with E-state index >= 15 is 0 Å². The molecule has 0 saturated carbocycles. The molecule has 0 fully saturated rings. The molecule has 0 bridgehead atoms. The summed E-state index contributed by atoms with van der Waals surface area (Å²) in [7, 11) is 1.80. The first-order valence-electron chi connectivity index (χ1n) is 13.1. The quantitative estimate of drug-likeness (QED) is 0.238. The first-order valence-corrected chi connectivity index (χ1v) is 13.1. The zero-order chi connectivity index (χ0) is 25.6. The van der Waals surface area contributed by atoms with Gasteiger partial charge in [-0.3, -0.25) is 9.97 Å². The highest BCUT2D eigenvalue weighted by Crippen LogP contribution is 2.35. The minimum absolute atomic E-state index is 0.151. The van der Waals surface area contributed by atoms with E-state index in [2.05, 4.69) is 94.9 Å². The monoisotopic (exact) mass is 496 g/mol. The molecule has 0 aliphatic carbocycles. The minimum atomic E-state index is 0.151. The number of para-hydroxylation sites is 2. The number of fused-ring (bicyclic) bond motifs is 6. The van der Waals surface area contributed by atoms with E-state index in [1.807, 2.05) is 24.5 Å². The van der Waals surface area contributed by atoms with E-state index in [9.17, 15) is 0 Å². The fourth-order valence-electron chi connectivity index (χ4n) is 5.81. The molecule has 4 aromatic heterocycles. The fourth-order valence-corrected chi connectivity index (χ4v) is 5.81. The van der Waals surface area contributed by atoms with Crippen LogP contribution in [-0.4, -0.2) is 32.3 Å². The van der Waals surface area contributed by atoms with Crippen molar-refractivity contribution in [1.82, 2.24) is 19.1 Å². The van der Waals surface area contributed by atoms with E-state index in [1.54, 1.807) is 7.11 Å². The van der Waals surface area contributed by atoms with E-state index in [0.29, 0.717) is 0 Å². The van der Waals surface area contributed by atoms with Crippen LogP contribution in [-0.2, 0) is 11.2 Å². The standard InChI is InChI=1S/C33H28N4O/c1-3-25(38-2)20-22-18-23(36-28-12-6-4-10-26(28)32-30(36)14-8-16-34-32)21-24(19-22)37-29-13-7-5-11-27(29)33-31(37)15-9-17-35-33/h4-19,21,25H,3,20H2,1-2H3. The van der Waals surface area contributed by atoms with Crippen molar-refractivity contribution in [1.29, 1.82) is 0 Å². The Hall–Kier alpha value is -4.48. The lowest BCUT2D eigenvalue weighted by Gasteiger charge is -2.18. The Kier molecular flexibility index (Phi) is 5.45. The Morgan fingerprint density at radius 3 is 1.66 bits per heavy atom. The van der Waals surface area contributed by atoms with E-state index in [4.69, 9.17) is 14.7 Å². The van der Waals surface area contributed by atoms with Crippen LogP contribution in [0.15, 0.2) is 103 Å². The van der Waals surface area contributed by atoms with E-state index in [1.165, 1.54) is 5.56 Å². The van der Waals surface area contributed by atoms with Crippen LogP contribution in [0.5, 0.6) is 0 Å². The number of aromatic nitrogens is 4. The van der Waals surface area contributed by atoms with Gasteiger partial charge in [0.15, 0.2) is 0 Å². The third kappa shape index (κ3) is 3.51. The van der Waals surface area contributed by atoms with Crippen LogP contribution >= 0.6 is 0 Å². The van der Waals surface area contributed by atoms with Crippen LogP contribution in [0, 0.1) is 0 Å². The fraction of sp³-hybridized carbons (Fsp3) is 0.152. The Morgan fingerprint density at radius 1 is 0.658 bits per heavy atom. The van der Waals surface area contributed by atoms with Crippen molar-refractivity contribution in [2.45, 2.75) is 25.9 Å². The van der Waals surface area contributed by atoms with Gasteiger partial charge in [-0.25, -0.2) is 0 Å². The van der Waals surface area contributed by atoms with Crippen LogP contribution in [0.1, 0.15) is 18.9 Å². The molecule has 0 N–H and O–H groups in total. The summed E-state index contributed by atoms with van der Waals surface area (Å²) in [6, 6.07) is 32.3. The minimum Gasteiger partial charge on any atom is -0.381 e. The second kappa shape index (κ2) is 9.12. The second-order valence-electron chi connectivity index (χ2n) is 9.78. The summed E-state index contributed by atoms with van der Waals surface area (Å²) in [5.41, 5.74) is 9.96. The third-order valence-corrected chi connectivity index (χ3v) is 7.59. The van der Waals surface area contributed by atoms with E-state index in [0.717, 1.165) is 68.1 Å². The van der Waals surface area contributed by atoms with Crippen molar-refractivity contribution < 1.29 is 4.74 Å². The maximum Gasteiger partial charge on any atom is 0.0963 e. The largest absolute Gasteiger partial charge is 0.381 e. The molecule has 4 heterocycles. The van der Waals surface area contributed by atoms with E-state index < -0.39 is 0 Å². The number of hydrogen-bond donors (Lipinski definition) is 0. The van der Waals surface area contributed by atoms with Crippen LogP contribution < -0.4 is 0 Å². The van der Waals surface area contributed by atoms with Gasteiger partial charge in [0.1, 0.15) is 0 Å². The average molecular weight is 497 g/mol. The molecule has 5 heteroatoms. The molecule has 1 unspecified atom stereocenters. The SMILES string of the molecule is CCC(Cc1cc(-n2c3ccccc3c3ncccc32)cc(-n2c3ccccc3c3ncccc32)c1)OC. The van der Waals surface area contributed by atoms with Crippen molar-refractivity contribution in [3.8, 4) is 11.4 Å². The zero-order valence-corrected chi connectivity index (χ0v) is 21.5. The molecule has 186 valence electrons. The number of nitrogens with zero attached hydrogens (tertiary/aromatic N) is 4. The Balaban J connectivity index is 1.56. The molecule has 3 aromatic carbocycles. The predicted octanol–water partition coefficient (Wildman–Crippen LogP) is 7.64. The van der Waals surface area contributed by atoms with Crippen LogP contribution in [0.2, 0.25) is 0 Å². The third-order valence-electron chi connectivity index (χ3n) is 7.59. The van der Waals surface area contributed by atoms with Crippen molar-refractivity contribution >= 4 is 43.9 Å². The summed E-state index contributed by atoms with van der Waals surface area (Å²) in [6.45, 7) is 2.18. The molecule has 7 rings (SSSR count). The summed E-state index contributed by atoms with van der Waals surface area (Å²) in [4.78, 5) is 9.51. The molecule has 1 atom stereocenters. The predicted molar refractivity (Wildman–Crippen MR) is 156 cm³/mol. The molecule has 0 aliphatic rings. The molecule has 0 spiro atoms. The molecular formula is C33H28N4O. The topological polar surface area (TPSA) is 44.9 Å². The summed E-state index contributed by atoms with van der Waals surface area (Å²) in [5.74, 6) is 0. The molecule has 0 aliphatic heterocycles. The molecule has 7 aromatic rings. The van der Waals surface area contributed by atoms with Gasteiger partial charge >= 0.3 is 0 Å². The van der Waals surface area contributed by atoms with Crippen molar-refractivity contribution in [2.75, 3.05) is 7.11 Å². The number of pyridine rings is 2. The highest BCUT2D eigenvalue weighted by Gasteiger charge is 2.18. The van der Waals surface area contributed by atoms with Gasteiger partial charge in [-0.1, -0.05) is 43.3 Å². The molecule has 0 radical (unpaired) electrons. The molecule has 5 nitrogen and oxygen atoms in total. The van der Waals surface area contributed by atoms with Crippen LogP contribution in [0.4, 0.5) is 0 Å². The lowest BCUT2D eigenvalue weighted by molar-refractivity contribution is 0.0998. The van der Waals surface area contributed by atoms with Crippen molar-refractivity contribution in [3.05, 3.63) is 109 Å². The summed E-state index contributed by atoms with van der Waals surface area (Å²) < 4.78 is 10.5. The Labute approximate surface area is 220 Å². The average Bonchev–Trinajstić information content (AvgIpc) is 3.49. The van der Waals surface area contributed by atoms with Gasteiger partial charge < -0.3 is 13.9 Å². The molecule has 38 heavy (non-hydrogen) atoms. The maximum absolute atomic E-state index is 5.81. The second-order valence-corrected chi connectivity index (χ2v) is 9.78. The van der Waals surface area contributed by atoms with Gasteiger partial charge in [0.25, 0.3) is 0 Å². The van der Waals surface area contributed by atoms with Crippen molar-refractivity contribution in [2.24, 2.45) is 0 Å². The maximum atomic E-state index is 5.81. The highest BCUT2D eigenvalue weighted by molar-refractivity contribution is 6.08. The summed E-state index contributed by atoms with van der Waals surface area (Å²) >= 11 is 0. The molecule has 0 saturated heterocycles. The van der Waals surface area contributed by atoms with Crippen LogP contribution in [0.3, 0.4) is 0 Å². The number of rotatable bonds is 6. The highest BCUT2D eigenvalue weighted by atomic mass is 16.5. The zero-order valence-electron chi connectivity index (χ0n) is 21.5. The number of hydrogen-bond acceptors (Lipinski definition) is 3. The molecule has 0 amide bonds. The van der Waals surface area contributed by atoms with Gasteiger partial charge in [-0.05, 0) is 73.0 Å². The lowest BCUT2D eigenvalue weighted by Crippen LogP contribution is -2.13. The first-order chi connectivity index (χ1) is 18.8. The van der Waals surface area contributed by atoms with Gasteiger partial charge in [0.2, 0.25) is 0 Å². The Morgan fingerprint density at radius 2 is 1.16 bits per heavy atom. The Bertz CT molecular complexity index is 1710. The van der Waals surface area contributed by atoms with Gasteiger partial charge in [-0.15, -0.1) is 0 Å². The smallest absolute Gasteiger partial charge is 0.0963 e. The van der Waals surface area contributed by atoms with E-state index in [-0.39, 0.29) is 6.10 Å². The van der Waals surface area contributed by atoms with Crippen molar-refractivity contribution in [3.63, 3.8) is 0 Å². The molecular weight excluding hydrogens is 468 g/mol. The van der Waals surface area contributed by atoms with Gasteiger partial charge in [0, 0.05) is 41.7 Å². The lowest BCUT2D eigenvalue weighted by atomic mass is 10.0. The number of benzene rings is 3. The first kappa shape index (κ1) is 22.7. The number of ether oxygens (including phenoxy) is 1. The van der Waals surface area contributed by atoms with Gasteiger partial charge in [0.05, 0.1) is 39.2 Å².